The van der Waals surface area contributed by atoms with Gasteiger partial charge in [0, 0.05) is 0 Å². The average molecular weight is 165 g/mol. The first kappa shape index (κ1) is 9.61. The Morgan fingerprint density at radius 1 is 1.60 bits per heavy atom. The van der Waals surface area contributed by atoms with Crippen molar-refractivity contribution < 1.29 is 13.3 Å². The molecule has 0 fully saturated rings. The van der Waals surface area contributed by atoms with Crippen LogP contribution in [-0.2, 0) is 15.1 Å². The molecule has 2 N–H and O–H groups in total. The SMILES string of the molecule is CCCC(CON)=S(=O)=O. The summed E-state index contributed by atoms with van der Waals surface area (Å²) in [4.78, 5) is 4.51. The largest absolute Gasteiger partial charge is 0.299 e. The van der Waals surface area contributed by atoms with Crippen LogP contribution < -0.4 is 5.90 Å². The Hall–Kier alpha value is -0.390. The van der Waals surface area contributed by atoms with Gasteiger partial charge in [-0.05, 0) is 6.42 Å². The van der Waals surface area contributed by atoms with Gasteiger partial charge in [0.25, 0.3) is 0 Å². The second-order valence-electron chi connectivity index (χ2n) is 1.83. The van der Waals surface area contributed by atoms with Gasteiger partial charge in [0.05, 0.1) is 4.86 Å². The van der Waals surface area contributed by atoms with Crippen LogP contribution in [0.4, 0.5) is 0 Å². The van der Waals surface area contributed by atoms with E-state index in [1.165, 1.54) is 0 Å². The van der Waals surface area contributed by atoms with Crippen LogP contribution >= 0.6 is 0 Å². The summed E-state index contributed by atoms with van der Waals surface area (Å²) >= 11 is 0. The van der Waals surface area contributed by atoms with E-state index < -0.39 is 10.3 Å². The Morgan fingerprint density at radius 2 is 2.20 bits per heavy atom. The third-order valence-corrected chi connectivity index (χ3v) is 1.80. The molecule has 0 unspecified atom stereocenters. The van der Waals surface area contributed by atoms with E-state index in [-0.39, 0.29) is 6.61 Å². The molecule has 0 atom stereocenters. The van der Waals surface area contributed by atoms with Gasteiger partial charge in [-0.1, -0.05) is 13.3 Å². The molecule has 0 aliphatic heterocycles. The van der Waals surface area contributed by atoms with E-state index >= 15 is 0 Å². The molecule has 5 heteroatoms. The summed E-state index contributed by atoms with van der Waals surface area (Å²) in [5, 5.41) is 0. The van der Waals surface area contributed by atoms with Crippen molar-refractivity contribution in [1.29, 1.82) is 0 Å². The Morgan fingerprint density at radius 3 is 2.50 bits per heavy atom. The maximum Gasteiger partial charge on any atom is 0.215 e. The van der Waals surface area contributed by atoms with Crippen molar-refractivity contribution in [2.24, 2.45) is 5.90 Å². The Kier molecular flexibility index (Phi) is 5.19. The van der Waals surface area contributed by atoms with Crippen LogP contribution in [0.2, 0.25) is 0 Å². The highest BCUT2D eigenvalue weighted by Gasteiger charge is 1.98. The molecule has 60 valence electrons. The monoisotopic (exact) mass is 165 g/mol. The lowest BCUT2D eigenvalue weighted by Crippen LogP contribution is -2.12. The van der Waals surface area contributed by atoms with Crippen LogP contribution in [0.3, 0.4) is 0 Å². The summed E-state index contributed by atoms with van der Waals surface area (Å²) in [5.41, 5.74) is 0. The molecule has 0 aliphatic carbocycles. The van der Waals surface area contributed by atoms with Crippen molar-refractivity contribution in [2.75, 3.05) is 6.61 Å². The van der Waals surface area contributed by atoms with E-state index in [0.717, 1.165) is 6.42 Å². The molecule has 0 aromatic heterocycles. The first-order valence-electron chi connectivity index (χ1n) is 2.98. The molecule has 0 radical (unpaired) electrons. The predicted molar refractivity (Wildman–Crippen MR) is 39.0 cm³/mol. The van der Waals surface area contributed by atoms with Crippen LogP contribution in [-0.4, -0.2) is 19.9 Å². The summed E-state index contributed by atoms with van der Waals surface area (Å²) in [6.45, 7) is 1.90. The number of nitrogens with two attached hydrogens (primary N) is 1. The fourth-order valence-corrected chi connectivity index (χ4v) is 1.11. The zero-order valence-corrected chi connectivity index (χ0v) is 6.65. The highest BCUT2D eigenvalue weighted by molar-refractivity contribution is 7.73. The zero-order valence-electron chi connectivity index (χ0n) is 5.83. The highest BCUT2D eigenvalue weighted by atomic mass is 32.2. The minimum absolute atomic E-state index is 0.00392. The summed E-state index contributed by atoms with van der Waals surface area (Å²) in [6.07, 6.45) is 1.31. The molecule has 0 amide bonds. The molecule has 0 aromatic rings. The number of hydrogen-bond donors (Lipinski definition) is 1. The minimum atomic E-state index is -2.14. The van der Waals surface area contributed by atoms with E-state index in [4.69, 9.17) is 5.90 Å². The van der Waals surface area contributed by atoms with Gasteiger partial charge in [0.15, 0.2) is 0 Å². The van der Waals surface area contributed by atoms with Crippen LogP contribution in [0.1, 0.15) is 19.8 Å². The van der Waals surface area contributed by atoms with Gasteiger partial charge in [0.2, 0.25) is 10.3 Å². The summed E-state index contributed by atoms with van der Waals surface area (Å²) in [7, 11) is -2.14. The third-order valence-electron chi connectivity index (χ3n) is 1.01. The lowest BCUT2D eigenvalue weighted by Gasteiger charge is -1.95. The molecule has 4 nitrogen and oxygen atoms in total. The maximum atomic E-state index is 10.3. The van der Waals surface area contributed by atoms with E-state index in [1.54, 1.807) is 0 Å². The van der Waals surface area contributed by atoms with Crippen LogP contribution in [0.15, 0.2) is 0 Å². The summed E-state index contributed by atoms with van der Waals surface area (Å²) in [5.74, 6) is 4.70. The fraction of sp³-hybridized carbons (Fsp3) is 0.800. The quantitative estimate of drug-likeness (QED) is 0.460. The van der Waals surface area contributed by atoms with Crippen LogP contribution in [0, 0.1) is 0 Å². The Bertz CT molecular complexity index is 191. The Labute approximate surface area is 61.5 Å². The summed E-state index contributed by atoms with van der Waals surface area (Å²) < 4.78 is 20.6. The zero-order chi connectivity index (χ0) is 7.98. The van der Waals surface area contributed by atoms with Gasteiger partial charge < -0.3 is 0 Å². The van der Waals surface area contributed by atoms with E-state index in [2.05, 4.69) is 4.84 Å². The second kappa shape index (κ2) is 5.40. The molecule has 0 bridgehead atoms. The lowest BCUT2D eigenvalue weighted by molar-refractivity contribution is 0.178. The number of hydrogen-bond acceptors (Lipinski definition) is 4. The van der Waals surface area contributed by atoms with Crippen molar-refractivity contribution in [1.82, 2.24) is 0 Å². The predicted octanol–water partition coefficient (Wildman–Crippen LogP) is -0.272. The van der Waals surface area contributed by atoms with Crippen molar-refractivity contribution in [2.45, 2.75) is 19.8 Å². The van der Waals surface area contributed by atoms with Crippen LogP contribution in [0.5, 0.6) is 0 Å². The molecule has 0 aromatic carbocycles. The molecule has 0 rings (SSSR count). The standard InChI is InChI=1S/C5H11NO3S/c1-2-3-5(4-9-6)10(7)8/h2-4,6H2,1H3. The van der Waals surface area contributed by atoms with Gasteiger partial charge in [-0.2, -0.15) is 8.42 Å². The molecular weight excluding hydrogens is 154 g/mol. The van der Waals surface area contributed by atoms with Crippen LogP contribution in [0.25, 0.3) is 0 Å². The molecule has 0 heterocycles. The van der Waals surface area contributed by atoms with Gasteiger partial charge in [-0.25, -0.2) is 5.90 Å². The van der Waals surface area contributed by atoms with Gasteiger partial charge in [-0.3, -0.25) is 4.84 Å². The van der Waals surface area contributed by atoms with Crippen molar-refractivity contribution in [3.05, 3.63) is 0 Å². The highest BCUT2D eigenvalue weighted by Crippen LogP contribution is 1.89. The van der Waals surface area contributed by atoms with Gasteiger partial charge in [-0.15, -0.1) is 0 Å². The van der Waals surface area contributed by atoms with E-state index in [1.807, 2.05) is 6.92 Å². The van der Waals surface area contributed by atoms with E-state index in [9.17, 15) is 8.42 Å². The van der Waals surface area contributed by atoms with Gasteiger partial charge in [0.1, 0.15) is 6.61 Å². The Balaban J connectivity index is 4.14. The van der Waals surface area contributed by atoms with Crippen molar-refractivity contribution in [3.63, 3.8) is 0 Å². The minimum Gasteiger partial charge on any atom is -0.299 e. The lowest BCUT2D eigenvalue weighted by atomic mass is 10.3. The molecule has 0 aliphatic rings. The average Bonchev–Trinajstić information content (AvgIpc) is 1.87. The molecule has 0 saturated heterocycles. The smallest absolute Gasteiger partial charge is 0.215 e. The second-order valence-corrected chi connectivity index (χ2v) is 2.88. The van der Waals surface area contributed by atoms with Crippen molar-refractivity contribution in [3.8, 4) is 0 Å². The first-order valence-corrected chi connectivity index (χ1v) is 4.05. The molecule has 10 heavy (non-hydrogen) atoms. The first-order chi connectivity index (χ1) is 4.72. The molecule has 0 saturated carbocycles. The van der Waals surface area contributed by atoms with Crippen molar-refractivity contribution >= 4 is 15.2 Å². The maximum absolute atomic E-state index is 10.3. The fourth-order valence-electron chi connectivity index (χ4n) is 0.575. The molecular formula is C5H11NO3S. The normalized spacial score (nSPS) is 9.40. The third kappa shape index (κ3) is 3.60. The summed E-state index contributed by atoms with van der Waals surface area (Å²) in [6, 6.07) is 0. The number of rotatable bonds is 4. The topological polar surface area (TPSA) is 69.4 Å². The van der Waals surface area contributed by atoms with E-state index in [0.29, 0.717) is 11.3 Å². The molecule has 0 spiro atoms. The van der Waals surface area contributed by atoms with Gasteiger partial charge >= 0.3 is 0 Å².